The first-order valence-corrected chi connectivity index (χ1v) is 10.0. The molecule has 0 N–H and O–H groups in total. The molecule has 26 heavy (non-hydrogen) atoms. The highest BCUT2D eigenvalue weighted by molar-refractivity contribution is 5.79. The summed E-state index contributed by atoms with van der Waals surface area (Å²) in [6.45, 7) is 4.64. The molecule has 0 bridgehead atoms. The van der Waals surface area contributed by atoms with E-state index >= 15 is 0 Å². The predicted octanol–water partition coefficient (Wildman–Crippen LogP) is 2.28. The minimum atomic E-state index is 0.110. The Morgan fingerprint density at radius 1 is 1.04 bits per heavy atom. The number of amides is 2. The Hall–Kier alpha value is -1.98. The zero-order valence-electron chi connectivity index (χ0n) is 15.6. The van der Waals surface area contributed by atoms with Crippen molar-refractivity contribution in [2.24, 2.45) is 5.92 Å². The fraction of sp³-hybridized carbons (Fsp3) is 0.700. The van der Waals surface area contributed by atoms with Crippen LogP contribution in [0.3, 0.4) is 0 Å². The van der Waals surface area contributed by atoms with E-state index in [-0.39, 0.29) is 11.8 Å². The summed E-state index contributed by atoms with van der Waals surface area (Å²) in [6.07, 6.45) is 9.18. The van der Waals surface area contributed by atoms with Crippen molar-refractivity contribution in [3.05, 3.63) is 23.3 Å². The minimum Gasteiger partial charge on any atom is -0.342 e. The van der Waals surface area contributed by atoms with E-state index in [0.717, 1.165) is 68.8 Å². The van der Waals surface area contributed by atoms with Crippen LogP contribution in [0.25, 0.3) is 0 Å². The van der Waals surface area contributed by atoms with Gasteiger partial charge in [0.1, 0.15) is 5.82 Å². The van der Waals surface area contributed by atoms with Crippen molar-refractivity contribution >= 4 is 11.8 Å². The summed E-state index contributed by atoms with van der Waals surface area (Å²) < 4.78 is 0. The molecule has 0 unspecified atom stereocenters. The van der Waals surface area contributed by atoms with Crippen molar-refractivity contribution < 1.29 is 9.59 Å². The molecule has 6 heteroatoms. The topological polar surface area (TPSA) is 66.4 Å². The number of aromatic nitrogens is 2. The third kappa shape index (κ3) is 3.46. The molecule has 1 aromatic rings. The van der Waals surface area contributed by atoms with Crippen molar-refractivity contribution in [2.75, 3.05) is 19.6 Å². The molecule has 2 aliphatic heterocycles. The lowest BCUT2D eigenvalue weighted by Crippen LogP contribution is -2.41. The maximum absolute atomic E-state index is 12.6. The van der Waals surface area contributed by atoms with Crippen LogP contribution in [-0.2, 0) is 22.6 Å². The zero-order chi connectivity index (χ0) is 18.1. The van der Waals surface area contributed by atoms with Crippen LogP contribution in [0.4, 0.5) is 0 Å². The van der Waals surface area contributed by atoms with Crippen LogP contribution < -0.4 is 0 Å². The number of piperidine rings is 1. The smallest absolute Gasteiger partial charge is 0.225 e. The molecule has 0 radical (unpaired) electrons. The quantitative estimate of drug-likeness (QED) is 0.815. The second kappa shape index (κ2) is 7.33. The first-order chi connectivity index (χ1) is 12.6. The van der Waals surface area contributed by atoms with E-state index < -0.39 is 0 Å². The van der Waals surface area contributed by atoms with Gasteiger partial charge in [0.15, 0.2) is 0 Å². The zero-order valence-corrected chi connectivity index (χ0v) is 15.6. The van der Waals surface area contributed by atoms with Gasteiger partial charge in [0.2, 0.25) is 11.8 Å². The molecular formula is C20H28N4O2. The maximum atomic E-state index is 12.6. The molecule has 1 aliphatic carbocycles. The Balaban J connectivity index is 1.37. The molecule has 0 aromatic carbocycles. The van der Waals surface area contributed by atoms with Crippen molar-refractivity contribution in [3.8, 4) is 0 Å². The van der Waals surface area contributed by atoms with Crippen LogP contribution in [0.15, 0.2) is 6.20 Å². The van der Waals surface area contributed by atoms with Crippen molar-refractivity contribution in [2.45, 2.75) is 64.3 Å². The number of likely N-dealkylation sites (tertiary alicyclic amines) is 1. The summed E-state index contributed by atoms with van der Waals surface area (Å²) in [5.74, 6) is 2.03. The Kier molecular flexibility index (Phi) is 4.92. The highest BCUT2D eigenvalue weighted by Gasteiger charge is 2.31. The molecule has 3 aliphatic rings. The van der Waals surface area contributed by atoms with E-state index in [4.69, 9.17) is 4.98 Å². The average molecular weight is 356 g/mol. The van der Waals surface area contributed by atoms with Gasteiger partial charge in [0.05, 0.1) is 5.69 Å². The number of fused-ring (bicyclic) bond motifs is 1. The van der Waals surface area contributed by atoms with Gasteiger partial charge < -0.3 is 9.80 Å². The molecule has 0 atom stereocenters. The first-order valence-electron chi connectivity index (χ1n) is 10.0. The van der Waals surface area contributed by atoms with Gasteiger partial charge in [0.25, 0.3) is 0 Å². The largest absolute Gasteiger partial charge is 0.342 e. The Labute approximate surface area is 155 Å². The van der Waals surface area contributed by atoms with Crippen molar-refractivity contribution in [1.82, 2.24) is 19.8 Å². The molecule has 140 valence electrons. The van der Waals surface area contributed by atoms with Crippen LogP contribution in [0, 0.1) is 5.92 Å². The van der Waals surface area contributed by atoms with Gasteiger partial charge in [-0.15, -0.1) is 0 Å². The summed E-state index contributed by atoms with van der Waals surface area (Å²) in [5, 5.41) is 0. The lowest BCUT2D eigenvalue weighted by Gasteiger charge is -2.33. The van der Waals surface area contributed by atoms with Crippen LogP contribution in [0.1, 0.15) is 68.4 Å². The van der Waals surface area contributed by atoms with E-state index in [9.17, 15) is 9.59 Å². The van der Waals surface area contributed by atoms with Gasteiger partial charge in [-0.05, 0) is 25.7 Å². The number of rotatable bonds is 2. The molecule has 2 amide bonds. The summed E-state index contributed by atoms with van der Waals surface area (Å²) in [4.78, 5) is 37.5. The molecule has 4 rings (SSSR count). The molecule has 0 spiro atoms. The number of nitrogens with zero attached hydrogens (tertiary/aromatic N) is 4. The lowest BCUT2D eigenvalue weighted by molar-refractivity contribution is -0.136. The van der Waals surface area contributed by atoms with Gasteiger partial charge >= 0.3 is 0 Å². The molecule has 1 aromatic heterocycles. The van der Waals surface area contributed by atoms with Gasteiger partial charge in [0, 0.05) is 63.1 Å². The summed E-state index contributed by atoms with van der Waals surface area (Å²) >= 11 is 0. The highest BCUT2D eigenvalue weighted by atomic mass is 16.2. The van der Waals surface area contributed by atoms with E-state index in [0.29, 0.717) is 18.4 Å². The summed E-state index contributed by atoms with van der Waals surface area (Å²) in [5.41, 5.74) is 2.17. The Morgan fingerprint density at radius 2 is 1.77 bits per heavy atom. The van der Waals surface area contributed by atoms with E-state index in [1.165, 1.54) is 12.8 Å². The minimum absolute atomic E-state index is 0.110. The van der Waals surface area contributed by atoms with Gasteiger partial charge in [-0.3, -0.25) is 9.59 Å². The van der Waals surface area contributed by atoms with E-state index in [2.05, 4.69) is 9.88 Å². The Bertz CT molecular complexity index is 691. The predicted molar refractivity (Wildman–Crippen MR) is 97.3 cm³/mol. The van der Waals surface area contributed by atoms with E-state index in [1.807, 2.05) is 11.1 Å². The number of hydrogen-bond donors (Lipinski definition) is 0. The fourth-order valence-electron chi connectivity index (χ4n) is 4.59. The Morgan fingerprint density at radius 3 is 2.46 bits per heavy atom. The average Bonchev–Trinajstić information content (AvgIpc) is 3.21. The molecule has 6 nitrogen and oxygen atoms in total. The maximum Gasteiger partial charge on any atom is 0.225 e. The standard InChI is InChI=1S/C20H28N4O2/c1-14(25)24-11-8-18-17(13-24)12-21-19(22-18)15-6-9-23(10-7-15)20(26)16-4-2-3-5-16/h12,15-16H,2-11,13H2,1H3. The highest BCUT2D eigenvalue weighted by Crippen LogP contribution is 2.31. The molecule has 3 heterocycles. The van der Waals surface area contributed by atoms with E-state index in [1.54, 1.807) is 6.92 Å². The van der Waals surface area contributed by atoms with Crippen LogP contribution in [-0.4, -0.2) is 51.2 Å². The van der Waals surface area contributed by atoms with Crippen molar-refractivity contribution in [3.63, 3.8) is 0 Å². The number of carbonyl (C=O) groups is 2. The fourth-order valence-corrected chi connectivity index (χ4v) is 4.59. The third-order valence-corrected chi connectivity index (χ3v) is 6.27. The van der Waals surface area contributed by atoms with Crippen LogP contribution in [0.5, 0.6) is 0 Å². The molecule has 1 saturated heterocycles. The molecule has 1 saturated carbocycles. The normalized spacial score (nSPS) is 21.7. The second-order valence-electron chi connectivity index (χ2n) is 7.97. The van der Waals surface area contributed by atoms with Crippen molar-refractivity contribution in [1.29, 1.82) is 0 Å². The second-order valence-corrected chi connectivity index (χ2v) is 7.97. The summed E-state index contributed by atoms with van der Waals surface area (Å²) in [7, 11) is 0. The molecular weight excluding hydrogens is 328 g/mol. The lowest BCUT2D eigenvalue weighted by atomic mass is 9.94. The van der Waals surface area contributed by atoms with Gasteiger partial charge in [-0.25, -0.2) is 9.97 Å². The number of carbonyl (C=O) groups excluding carboxylic acids is 2. The monoisotopic (exact) mass is 356 g/mol. The van der Waals surface area contributed by atoms with Crippen LogP contribution in [0.2, 0.25) is 0 Å². The third-order valence-electron chi connectivity index (χ3n) is 6.27. The summed E-state index contributed by atoms with van der Waals surface area (Å²) in [6, 6.07) is 0. The molecule has 2 fully saturated rings. The number of hydrogen-bond acceptors (Lipinski definition) is 4. The first kappa shape index (κ1) is 17.4. The van der Waals surface area contributed by atoms with Gasteiger partial charge in [-0.2, -0.15) is 0 Å². The SMILES string of the molecule is CC(=O)N1CCc2nc(C3CCN(C(=O)C4CCCC4)CC3)ncc2C1. The van der Waals surface area contributed by atoms with Gasteiger partial charge in [-0.1, -0.05) is 12.8 Å². The van der Waals surface area contributed by atoms with Crippen LogP contribution >= 0.6 is 0 Å².